The quantitative estimate of drug-likeness (QED) is 0.639. The zero-order valence-electron chi connectivity index (χ0n) is 14.8. The Labute approximate surface area is 153 Å². The Bertz CT molecular complexity index is 871. The molecule has 0 bridgehead atoms. The van der Waals surface area contributed by atoms with Gasteiger partial charge in [0.15, 0.2) is 0 Å². The van der Waals surface area contributed by atoms with E-state index in [-0.39, 0.29) is 5.41 Å². The molecule has 1 fully saturated rings. The molecule has 4 nitrogen and oxygen atoms in total. The first-order chi connectivity index (χ1) is 12.8. The lowest BCUT2D eigenvalue weighted by molar-refractivity contribution is 0.138. The lowest BCUT2D eigenvalue weighted by Gasteiger charge is -2.29. The number of aromatic nitrogens is 1. The van der Waals surface area contributed by atoms with Crippen molar-refractivity contribution in [3.8, 4) is 5.75 Å². The van der Waals surface area contributed by atoms with Gasteiger partial charge in [-0.15, -0.1) is 0 Å². The third-order valence-corrected chi connectivity index (χ3v) is 5.49. The van der Waals surface area contributed by atoms with Crippen LogP contribution in [0.5, 0.6) is 5.75 Å². The van der Waals surface area contributed by atoms with Gasteiger partial charge >= 0.3 is 0 Å². The molecule has 4 rings (SSSR count). The monoisotopic (exact) mass is 348 g/mol. The van der Waals surface area contributed by atoms with Crippen LogP contribution in [0.1, 0.15) is 36.9 Å². The van der Waals surface area contributed by atoms with Crippen LogP contribution < -0.4 is 10.2 Å². The van der Waals surface area contributed by atoms with Gasteiger partial charge in [0.05, 0.1) is 11.2 Å². The fraction of sp³-hybridized carbons (Fsp3) is 0.318. The summed E-state index contributed by atoms with van der Waals surface area (Å²) in [6.07, 6.45) is 4.66. The first kappa shape index (κ1) is 17.0. The van der Waals surface area contributed by atoms with E-state index in [4.69, 9.17) is 4.74 Å². The number of fused-ring (bicyclic) bond motifs is 1. The van der Waals surface area contributed by atoms with Gasteiger partial charge in [0.2, 0.25) is 0 Å². The highest BCUT2D eigenvalue weighted by Gasteiger charge is 2.35. The largest absolute Gasteiger partial charge is 0.487 e. The summed E-state index contributed by atoms with van der Waals surface area (Å²) < 4.78 is 5.92. The maximum atomic E-state index is 9.21. The maximum absolute atomic E-state index is 9.21. The van der Waals surface area contributed by atoms with Gasteiger partial charge in [0.1, 0.15) is 12.4 Å². The van der Waals surface area contributed by atoms with Crippen molar-refractivity contribution in [2.45, 2.75) is 37.7 Å². The van der Waals surface area contributed by atoms with Crippen LogP contribution in [0.4, 0.5) is 0 Å². The highest BCUT2D eigenvalue weighted by atomic mass is 16.5. The summed E-state index contributed by atoms with van der Waals surface area (Å²) >= 11 is 0. The first-order valence-electron chi connectivity index (χ1n) is 9.24. The van der Waals surface area contributed by atoms with E-state index in [9.17, 15) is 5.21 Å². The van der Waals surface area contributed by atoms with Gasteiger partial charge in [0, 0.05) is 17.3 Å². The molecule has 0 radical (unpaired) electrons. The number of nitrogens with zero attached hydrogens (tertiary/aromatic N) is 1. The van der Waals surface area contributed by atoms with E-state index in [1.54, 1.807) is 0 Å². The Morgan fingerprint density at radius 2 is 1.73 bits per heavy atom. The van der Waals surface area contributed by atoms with Gasteiger partial charge in [-0.3, -0.25) is 0 Å². The predicted molar refractivity (Wildman–Crippen MR) is 102 cm³/mol. The van der Waals surface area contributed by atoms with E-state index in [2.05, 4.69) is 34.7 Å². The zero-order chi connectivity index (χ0) is 17.8. The number of para-hydroxylation sites is 1. The van der Waals surface area contributed by atoms with E-state index in [0.29, 0.717) is 13.2 Å². The van der Waals surface area contributed by atoms with Crippen LogP contribution >= 0.6 is 0 Å². The second-order valence-electron chi connectivity index (χ2n) is 7.13. The van der Waals surface area contributed by atoms with E-state index >= 15 is 0 Å². The lowest BCUT2D eigenvalue weighted by Crippen LogP contribution is -2.34. The molecule has 0 spiro atoms. The first-order valence-corrected chi connectivity index (χ1v) is 9.24. The molecule has 0 atom stereocenters. The number of nitrogens with one attached hydrogen (secondary N) is 1. The molecule has 1 aromatic heterocycles. The number of rotatable bonds is 6. The molecule has 0 unspecified atom stereocenters. The number of ether oxygens (including phenoxy) is 1. The third-order valence-electron chi connectivity index (χ3n) is 5.49. The molecule has 4 heteroatoms. The van der Waals surface area contributed by atoms with Crippen molar-refractivity contribution in [1.82, 2.24) is 10.5 Å². The SMILES string of the molecule is ONCC1(c2ccc(OCc3ccc4ccccc4n3)cc2)CCCC1. The fourth-order valence-corrected chi connectivity index (χ4v) is 4.02. The van der Waals surface area contributed by atoms with Crippen LogP contribution in [-0.2, 0) is 12.0 Å². The number of hydrogen-bond donors (Lipinski definition) is 2. The van der Waals surface area contributed by atoms with Crippen molar-refractivity contribution in [2.24, 2.45) is 0 Å². The molecular formula is C22H24N2O2. The predicted octanol–water partition coefficient (Wildman–Crippen LogP) is 4.60. The van der Waals surface area contributed by atoms with Crippen LogP contribution in [-0.4, -0.2) is 16.7 Å². The number of hydroxylamine groups is 1. The molecule has 1 aliphatic rings. The Kier molecular flexibility index (Phi) is 4.87. The van der Waals surface area contributed by atoms with Crippen molar-refractivity contribution in [2.75, 3.05) is 6.54 Å². The molecule has 26 heavy (non-hydrogen) atoms. The van der Waals surface area contributed by atoms with Gasteiger partial charge in [-0.05, 0) is 42.7 Å². The molecule has 0 saturated heterocycles. The molecular weight excluding hydrogens is 324 g/mol. The molecule has 134 valence electrons. The van der Waals surface area contributed by atoms with Gasteiger partial charge in [-0.1, -0.05) is 49.2 Å². The van der Waals surface area contributed by atoms with Gasteiger partial charge in [-0.25, -0.2) is 10.5 Å². The highest BCUT2D eigenvalue weighted by Crippen LogP contribution is 2.41. The summed E-state index contributed by atoms with van der Waals surface area (Å²) in [7, 11) is 0. The summed E-state index contributed by atoms with van der Waals surface area (Å²) in [5.74, 6) is 0.841. The maximum Gasteiger partial charge on any atom is 0.130 e. The summed E-state index contributed by atoms with van der Waals surface area (Å²) in [4.78, 5) is 4.65. The Morgan fingerprint density at radius 1 is 0.962 bits per heavy atom. The average molecular weight is 348 g/mol. The van der Waals surface area contributed by atoms with E-state index < -0.39 is 0 Å². The molecule has 1 heterocycles. The molecule has 0 amide bonds. The standard InChI is InChI=1S/C22H24N2O2/c25-23-16-22(13-3-4-14-22)18-8-11-20(12-9-18)26-15-19-10-7-17-5-1-2-6-21(17)24-19/h1-2,5-12,23,25H,3-4,13-16H2. The third kappa shape index (κ3) is 3.43. The smallest absolute Gasteiger partial charge is 0.130 e. The van der Waals surface area contributed by atoms with Crippen LogP contribution in [0, 0.1) is 0 Å². The zero-order valence-corrected chi connectivity index (χ0v) is 14.8. The normalized spacial score (nSPS) is 16.0. The molecule has 1 aliphatic carbocycles. The van der Waals surface area contributed by atoms with Crippen LogP contribution in [0.25, 0.3) is 10.9 Å². The average Bonchev–Trinajstić information content (AvgIpc) is 3.17. The van der Waals surface area contributed by atoms with Gasteiger partial charge < -0.3 is 9.94 Å². The van der Waals surface area contributed by atoms with Crippen molar-refractivity contribution in [3.05, 3.63) is 71.9 Å². The fourth-order valence-electron chi connectivity index (χ4n) is 4.02. The van der Waals surface area contributed by atoms with Crippen molar-refractivity contribution in [3.63, 3.8) is 0 Å². The summed E-state index contributed by atoms with van der Waals surface area (Å²) in [5, 5.41) is 10.4. The van der Waals surface area contributed by atoms with Crippen LogP contribution in [0.3, 0.4) is 0 Å². The molecule has 0 aliphatic heterocycles. The minimum Gasteiger partial charge on any atom is -0.487 e. The number of hydrogen-bond acceptors (Lipinski definition) is 4. The molecule has 1 saturated carbocycles. The topological polar surface area (TPSA) is 54.4 Å². The molecule has 2 N–H and O–H groups in total. The Morgan fingerprint density at radius 3 is 2.50 bits per heavy atom. The van der Waals surface area contributed by atoms with E-state index in [1.807, 2.05) is 36.4 Å². The molecule has 3 aromatic rings. The van der Waals surface area contributed by atoms with Crippen molar-refractivity contribution >= 4 is 10.9 Å². The summed E-state index contributed by atoms with van der Waals surface area (Å²) in [6, 6.07) is 20.5. The summed E-state index contributed by atoms with van der Waals surface area (Å²) in [6.45, 7) is 1.06. The Balaban J connectivity index is 1.45. The Hall–Kier alpha value is -2.43. The lowest BCUT2D eigenvalue weighted by atomic mass is 9.79. The van der Waals surface area contributed by atoms with Gasteiger partial charge in [-0.2, -0.15) is 0 Å². The molecule has 2 aromatic carbocycles. The number of pyridine rings is 1. The minimum atomic E-state index is 0.0488. The second kappa shape index (κ2) is 7.44. The van der Waals surface area contributed by atoms with E-state index in [1.165, 1.54) is 18.4 Å². The number of benzene rings is 2. The van der Waals surface area contributed by atoms with Crippen LogP contribution in [0.15, 0.2) is 60.7 Å². The van der Waals surface area contributed by atoms with E-state index in [0.717, 1.165) is 35.2 Å². The highest BCUT2D eigenvalue weighted by molar-refractivity contribution is 5.78. The second-order valence-corrected chi connectivity index (χ2v) is 7.13. The summed E-state index contributed by atoms with van der Waals surface area (Å²) in [5.41, 5.74) is 5.62. The van der Waals surface area contributed by atoms with Crippen LogP contribution in [0.2, 0.25) is 0 Å². The minimum absolute atomic E-state index is 0.0488. The van der Waals surface area contributed by atoms with Gasteiger partial charge in [0.25, 0.3) is 0 Å². The van der Waals surface area contributed by atoms with Crippen molar-refractivity contribution in [1.29, 1.82) is 0 Å². The van der Waals surface area contributed by atoms with Crippen molar-refractivity contribution < 1.29 is 9.94 Å².